The Bertz CT molecular complexity index is 1030. The van der Waals surface area contributed by atoms with Crippen molar-refractivity contribution in [3.05, 3.63) is 50.4 Å². The number of carbonyl (C=O) groups excluding carboxylic acids is 1. The van der Waals surface area contributed by atoms with Gasteiger partial charge in [-0.25, -0.2) is 13.2 Å². The number of hydrogen-bond acceptors (Lipinski definition) is 7. The normalized spacial score (nSPS) is 16.3. The van der Waals surface area contributed by atoms with Crippen LogP contribution in [0.1, 0.15) is 41.1 Å². The Morgan fingerprint density at radius 3 is 2.79 bits per heavy atom. The van der Waals surface area contributed by atoms with Crippen LogP contribution in [0.25, 0.3) is 0 Å². The van der Waals surface area contributed by atoms with Gasteiger partial charge in [-0.2, -0.15) is 0 Å². The third kappa shape index (κ3) is 3.88. The number of rotatable bonds is 6. The monoisotopic (exact) mass is 424 g/mol. The van der Waals surface area contributed by atoms with Gasteiger partial charge < -0.3 is 4.74 Å². The molecule has 0 fully saturated rings. The summed E-state index contributed by atoms with van der Waals surface area (Å²) < 4.78 is 33.3. The van der Waals surface area contributed by atoms with Crippen molar-refractivity contribution in [2.45, 2.75) is 38.0 Å². The van der Waals surface area contributed by atoms with Gasteiger partial charge in [0.1, 0.15) is 5.00 Å². The standard InChI is InChI=1S/C18H20N2O6S2/c1-3-26-18(21)16-12-9-8-11(2)10-14(12)27-17(16)19-28(24,25)15-7-5-4-6-13(15)20(22)23/h4-7,11,19H,3,8-10H2,1-2H3. The molecule has 0 bridgehead atoms. The summed E-state index contributed by atoms with van der Waals surface area (Å²) in [5.41, 5.74) is 0.500. The molecule has 150 valence electrons. The lowest BCUT2D eigenvalue weighted by atomic mass is 9.88. The van der Waals surface area contributed by atoms with Gasteiger partial charge in [0, 0.05) is 10.9 Å². The third-order valence-corrected chi connectivity index (χ3v) is 7.27. The predicted octanol–water partition coefficient (Wildman–Crippen LogP) is 3.76. The maximum absolute atomic E-state index is 12.9. The molecule has 1 unspecified atom stereocenters. The van der Waals surface area contributed by atoms with Crippen molar-refractivity contribution in [3.8, 4) is 0 Å². The first-order valence-corrected chi connectivity index (χ1v) is 11.1. The van der Waals surface area contributed by atoms with Gasteiger partial charge in [0.15, 0.2) is 4.90 Å². The predicted molar refractivity (Wildman–Crippen MR) is 105 cm³/mol. The number of fused-ring (bicyclic) bond motifs is 1. The molecular weight excluding hydrogens is 404 g/mol. The van der Waals surface area contributed by atoms with Crippen LogP contribution >= 0.6 is 11.3 Å². The zero-order valence-corrected chi connectivity index (χ0v) is 17.1. The van der Waals surface area contributed by atoms with Gasteiger partial charge in [-0.15, -0.1) is 11.3 Å². The van der Waals surface area contributed by atoms with Crippen LogP contribution in [0.4, 0.5) is 10.7 Å². The molecule has 28 heavy (non-hydrogen) atoms. The maximum Gasteiger partial charge on any atom is 0.341 e. The SMILES string of the molecule is CCOC(=O)c1c(NS(=O)(=O)c2ccccc2[N+](=O)[O-])sc2c1CCC(C)C2. The van der Waals surface area contributed by atoms with E-state index in [0.717, 1.165) is 29.3 Å². The van der Waals surface area contributed by atoms with Crippen LogP contribution < -0.4 is 4.72 Å². The number of nitro groups is 1. The molecule has 0 amide bonds. The first kappa shape index (κ1) is 20.3. The molecule has 0 aliphatic heterocycles. The molecule has 1 aromatic carbocycles. The molecule has 3 rings (SSSR count). The van der Waals surface area contributed by atoms with E-state index in [9.17, 15) is 23.3 Å². The number of benzene rings is 1. The topological polar surface area (TPSA) is 116 Å². The van der Waals surface area contributed by atoms with Gasteiger partial charge in [0.2, 0.25) is 0 Å². The Labute approximate surface area is 166 Å². The van der Waals surface area contributed by atoms with Gasteiger partial charge in [0.25, 0.3) is 15.7 Å². The van der Waals surface area contributed by atoms with Crippen molar-refractivity contribution in [1.82, 2.24) is 0 Å². The van der Waals surface area contributed by atoms with Crippen LogP contribution in [0.3, 0.4) is 0 Å². The number of thiophene rings is 1. The minimum absolute atomic E-state index is 0.149. The smallest absolute Gasteiger partial charge is 0.341 e. The molecule has 2 aromatic rings. The van der Waals surface area contributed by atoms with Gasteiger partial charge in [0.05, 0.1) is 17.1 Å². The molecule has 8 nitrogen and oxygen atoms in total. The summed E-state index contributed by atoms with van der Waals surface area (Å²) in [5, 5.41) is 11.4. The average Bonchev–Trinajstić information content (AvgIpc) is 2.98. The van der Waals surface area contributed by atoms with E-state index < -0.39 is 31.5 Å². The van der Waals surface area contributed by atoms with Crippen molar-refractivity contribution >= 4 is 38.0 Å². The number of carbonyl (C=O) groups is 1. The number of hydrogen-bond donors (Lipinski definition) is 1. The molecule has 0 spiro atoms. The highest BCUT2D eigenvalue weighted by Crippen LogP contribution is 2.41. The first-order valence-electron chi connectivity index (χ1n) is 8.82. The fourth-order valence-electron chi connectivity index (χ4n) is 3.25. The molecule has 0 radical (unpaired) electrons. The van der Waals surface area contributed by atoms with Crippen LogP contribution in [0, 0.1) is 16.0 Å². The summed E-state index contributed by atoms with van der Waals surface area (Å²) in [5.74, 6) is -0.157. The lowest BCUT2D eigenvalue weighted by molar-refractivity contribution is -0.387. The number of para-hydroxylation sites is 1. The summed E-state index contributed by atoms with van der Waals surface area (Å²) in [6, 6.07) is 5.10. The first-order chi connectivity index (χ1) is 13.2. The summed E-state index contributed by atoms with van der Waals surface area (Å²) in [7, 11) is -4.26. The van der Waals surface area contributed by atoms with E-state index in [1.54, 1.807) is 6.92 Å². The molecule has 0 saturated heterocycles. The van der Waals surface area contributed by atoms with E-state index in [1.165, 1.54) is 29.5 Å². The second-order valence-corrected chi connectivity index (χ2v) is 9.36. The van der Waals surface area contributed by atoms with Crippen LogP contribution in [0.5, 0.6) is 0 Å². The highest BCUT2D eigenvalue weighted by molar-refractivity contribution is 7.93. The van der Waals surface area contributed by atoms with E-state index in [0.29, 0.717) is 12.3 Å². The Morgan fingerprint density at radius 2 is 2.11 bits per heavy atom. The molecule has 1 aromatic heterocycles. The summed E-state index contributed by atoms with van der Waals surface area (Å²) >= 11 is 1.19. The van der Waals surface area contributed by atoms with Crippen LogP contribution in [0.15, 0.2) is 29.2 Å². The van der Waals surface area contributed by atoms with Gasteiger partial charge in [-0.3, -0.25) is 14.8 Å². The van der Waals surface area contributed by atoms with Crippen molar-refractivity contribution in [2.24, 2.45) is 5.92 Å². The van der Waals surface area contributed by atoms with Crippen LogP contribution in [0.2, 0.25) is 0 Å². The number of ether oxygens (including phenoxy) is 1. The highest BCUT2D eigenvalue weighted by atomic mass is 32.2. The van der Waals surface area contributed by atoms with E-state index in [1.807, 2.05) is 0 Å². The highest BCUT2D eigenvalue weighted by Gasteiger charge is 2.32. The maximum atomic E-state index is 12.9. The van der Waals surface area contributed by atoms with E-state index >= 15 is 0 Å². The lowest BCUT2D eigenvalue weighted by Gasteiger charge is -2.18. The van der Waals surface area contributed by atoms with E-state index in [-0.39, 0.29) is 17.2 Å². The molecular formula is C18H20N2O6S2. The van der Waals surface area contributed by atoms with Gasteiger partial charge in [-0.05, 0) is 43.7 Å². The zero-order valence-electron chi connectivity index (χ0n) is 15.4. The van der Waals surface area contributed by atoms with Crippen molar-refractivity contribution in [1.29, 1.82) is 0 Å². The second-order valence-electron chi connectivity index (χ2n) is 6.61. The largest absolute Gasteiger partial charge is 0.462 e. The number of esters is 1. The van der Waals surface area contributed by atoms with Crippen LogP contribution in [-0.2, 0) is 27.6 Å². The minimum atomic E-state index is -4.26. The summed E-state index contributed by atoms with van der Waals surface area (Å²) in [4.78, 5) is 23.5. The Hall–Kier alpha value is -2.46. The van der Waals surface area contributed by atoms with E-state index in [4.69, 9.17) is 4.74 Å². The van der Waals surface area contributed by atoms with Crippen molar-refractivity contribution < 1.29 is 22.9 Å². The molecule has 0 saturated carbocycles. The fraction of sp³-hybridized carbons (Fsp3) is 0.389. The zero-order chi connectivity index (χ0) is 20.5. The average molecular weight is 425 g/mol. The third-order valence-electron chi connectivity index (χ3n) is 4.57. The number of nitrogens with one attached hydrogen (secondary N) is 1. The molecule has 1 atom stereocenters. The van der Waals surface area contributed by atoms with Crippen LogP contribution in [-0.4, -0.2) is 25.9 Å². The Balaban J connectivity index is 2.07. The van der Waals surface area contributed by atoms with Crippen molar-refractivity contribution in [3.63, 3.8) is 0 Å². The summed E-state index contributed by atoms with van der Waals surface area (Å²) in [6.07, 6.45) is 2.31. The quantitative estimate of drug-likeness (QED) is 0.429. The molecule has 1 aliphatic rings. The second kappa shape index (κ2) is 7.88. The van der Waals surface area contributed by atoms with E-state index in [2.05, 4.69) is 11.6 Å². The number of nitro benzene ring substituents is 1. The summed E-state index contributed by atoms with van der Waals surface area (Å²) in [6.45, 7) is 3.94. The number of sulfonamides is 1. The fourth-order valence-corrected chi connectivity index (χ4v) is 6.13. The van der Waals surface area contributed by atoms with Gasteiger partial charge >= 0.3 is 5.97 Å². The Kier molecular flexibility index (Phi) is 5.71. The number of nitrogens with zero attached hydrogens (tertiary/aromatic N) is 1. The minimum Gasteiger partial charge on any atom is -0.462 e. The molecule has 1 N–H and O–H groups in total. The van der Waals surface area contributed by atoms with Crippen molar-refractivity contribution in [2.75, 3.05) is 11.3 Å². The lowest BCUT2D eigenvalue weighted by Crippen LogP contribution is -2.17. The molecule has 1 heterocycles. The molecule has 1 aliphatic carbocycles. The van der Waals surface area contributed by atoms with Gasteiger partial charge in [-0.1, -0.05) is 19.1 Å². The molecule has 10 heteroatoms. The Morgan fingerprint density at radius 1 is 1.39 bits per heavy atom. The number of anilines is 1.